The lowest BCUT2D eigenvalue weighted by Gasteiger charge is -2.14. The third kappa shape index (κ3) is 2.90. The van der Waals surface area contributed by atoms with E-state index in [1.165, 1.54) is 11.3 Å². The summed E-state index contributed by atoms with van der Waals surface area (Å²) in [6.45, 7) is 3.52. The van der Waals surface area contributed by atoms with E-state index in [0.717, 1.165) is 5.01 Å². The van der Waals surface area contributed by atoms with Gasteiger partial charge >= 0.3 is 0 Å². The van der Waals surface area contributed by atoms with Crippen LogP contribution in [-0.2, 0) is 0 Å². The number of halogens is 2. The number of benzene rings is 1. The lowest BCUT2D eigenvalue weighted by molar-refractivity contribution is -0.384. The number of nitro groups is 1. The first-order chi connectivity index (χ1) is 9.38. The molecule has 2 aromatic rings. The standard InChI is InChI=1S/C12H11F2N3O2S/c1-6(10-5-20-7(2)16-10)15-12-9(14)3-8(13)4-11(12)17(18)19/h3-6,15H,1-2H3. The van der Waals surface area contributed by atoms with Gasteiger partial charge in [0.2, 0.25) is 0 Å². The zero-order chi connectivity index (χ0) is 14.9. The summed E-state index contributed by atoms with van der Waals surface area (Å²) in [5.74, 6) is -1.99. The number of hydrogen-bond donors (Lipinski definition) is 1. The van der Waals surface area contributed by atoms with Crippen molar-refractivity contribution in [2.24, 2.45) is 0 Å². The molecule has 0 saturated carbocycles. The highest BCUT2D eigenvalue weighted by molar-refractivity contribution is 7.09. The molecule has 1 atom stereocenters. The summed E-state index contributed by atoms with van der Waals surface area (Å²) in [5, 5.41) is 16.2. The number of aromatic nitrogens is 1. The SMILES string of the molecule is Cc1nc(C(C)Nc2c(F)cc(F)cc2[N+](=O)[O-])cs1. The summed E-state index contributed by atoms with van der Waals surface area (Å²) in [4.78, 5) is 14.3. The predicted octanol–water partition coefficient (Wildman–Crippen LogP) is 3.81. The van der Waals surface area contributed by atoms with Gasteiger partial charge in [-0.1, -0.05) is 0 Å². The van der Waals surface area contributed by atoms with Crippen molar-refractivity contribution >= 4 is 22.7 Å². The number of thiazole rings is 1. The number of rotatable bonds is 4. The van der Waals surface area contributed by atoms with E-state index in [9.17, 15) is 18.9 Å². The molecule has 0 saturated heterocycles. The smallest absolute Gasteiger partial charge is 0.298 e. The van der Waals surface area contributed by atoms with Gasteiger partial charge in [-0.15, -0.1) is 11.3 Å². The van der Waals surface area contributed by atoms with Crippen molar-refractivity contribution in [1.29, 1.82) is 0 Å². The Kier molecular flexibility index (Phi) is 3.93. The monoisotopic (exact) mass is 299 g/mol. The van der Waals surface area contributed by atoms with E-state index in [-0.39, 0.29) is 5.69 Å². The maximum atomic E-state index is 13.7. The van der Waals surface area contributed by atoms with Crippen LogP contribution in [0.4, 0.5) is 20.2 Å². The Bertz CT molecular complexity index is 660. The summed E-state index contributed by atoms with van der Waals surface area (Å²) in [6, 6.07) is 0.859. The van der Waals surface area contributed by atoms with Gasteiger partial charge in [0, 0.05) is 11.4 Å². The Labute approximate surface area is 117 Å². The van der Waals surface area contributed by atoms with Crippen LogP contribution in [0.1, 0.15) is 23.7 Å². The first kappa shape index (κ1) is 14.3. The van der Waals surface area contributed by atoms with Gasteiger partial charge in [-0.25, -0.2) is 13.8 Å². The van der Waals surface area contributed by atoms with Gasteiger partial charge in [0.1, 0.15) is 11.5 Å². The van der Waals surface area contributed by atoms with Crippen molar-refractivity contribution in [3.63, 3.8) is 0 Å². The van der Waals surface area contributed by atoms with Crippen molar-refractivity contribution in [3.8, 4) is 0 Å². The Balaban J connectivity index is 2.35. The van der Waals surface area contributed by atoms with Crippen molar-refractivity contribution in [1.82, 2.24) is 4.98 Å². The number of nitro benzene ring substituents is 1. The van der Waals surface area contributed by atoms with Gasteiger partial charge in [-0.3, -0.25) is 10.1 Å². The highest BCUT2D eigenvalue weighted by Crippen LogP contribution is 2.32. The largest absolute Gasteiger partial charge is 0.369 e. The maximum absolute atomic E-state index is 13.7. The molecule has 20 heavy (non-hydrogen) atoms. The van der Waals surface area contributed by atoms with Gasteiger partial charge < -0.3 is 5.32 Å². The quantitative estimate of drug-likeness (QED) is 0.688. The van der Waals surface area contributed by atoms with Crippen LogP contribution in [0.25, 0.3) is 0 Å². The van der Waals surface area contributed by atoms with Gasteiger partial charge in [0.15, 0.2) is 5.82 Å². The number of nitrogens with zero attached hydrogens (tertiary/aromatic N) is 2. The Morgan fingerprint density at radius 1 is 1.45 bits per heavy atom. The van der Waals surface area contributed by atoms with E-state index in [4.69, 9.17) is 0 Å². The fourth-order valence-electron chi connectivity index (χ4n) is 1.72. The van der Waals surface area contributed by atoms with Crippen molar-refractivity contribution in [2.75, 3.05) is 5.32 Å². The fraction of sp³-hybridized carbons (Fsp3) is 0.250. The van der Waals surface area contributed by atoms with Crippen molar-refractivity contribution in [3.05, 3.63) is 50.0 Å². The number of anilines is 1. The van der Waals surface area contributed by atoms with Crippen LogP contribution >= 0.6 is 11.3 Å². The molecule has 0 radical (unpaired) electrons. The third-order valence-corrected chi connectivity index (χ3v) is 3.46. The lowest BCUT2D eigenvalue weighted by Crippen LogP contribution is -2.10. The summed E-state index contributed by atoms with van der Waals surface area (Å²) in [7, 11) is 0. The predicted molar refractivity (Wildman–Crippen MR) is 71.9 cm³/mol. The van der Waals surface area contributed by atoms with E-state index in [0.29, 0.717) is 17.8 Å². The van der Waals surface area contributed by atoms with Gasteiger partial charge in [0.05, 0.1) is 27.7 Å². The summed E-state index contributed by atoms with van der Waals surface area (Å²) < 4.78 is 26.8. The van der Waals surface area contributed by atoms with Crippen molar-refractivity contribution in [2.45, 2.75) is 19.9 Å². The molecule has 0 bridgehead atoms. The molecule has 0 aliphatic rings. The molecule has 1 heterocycles. The first-order valence-corrected chi connectivity index (χ1v) is 6.58. The van der Waals surface area contributed by atoms with Crippen LogP contribution in [0.3, 0.4) is 0 Å². The van der Waals surface area contributed by atoms with Crippen LogP contribution in [0, 0.1) is 28.7 Å². The molecule has 1 unspecified atom stereocenters. The van der Waals surface area contributed by atoms with Crippen molar-refractivity contribution < 1.29 is 13.7 Å². The molecule has 0 fully saturated rings. The van der Waals surface area contributed by atoms with Crippen LogP contribution in [0.5, 0.6) is 0 Å². The minimum absolute atomic E-state index is 0.338. The molecular formula is C12H11F2N3O2S. The highest BCUT2D eigenvalue weighted by Gasteiger charge is 2.22. The molecule has 1 aromatic carbocycles. The molecule has 106 valence electrons. The van der Waals surface area contributed by atoms with Crippen LogP contribution in [-0.4, -0.2) is 9.91 Å². The number of aryl methyl sites for hydroxylation is 1. The third-order valence-electron chi connectivity index (χ3n) is 2.67. The lowest BCUT2D eigenvalue weighted by atomic mass is 10.2. The van der Waals surface area contributed by atoms with E-state index >= 15 is 0 Å². The average molecular weight is 299 g/mol. The number of nitrogens with one attached hydrogen (secondary N) is 1. The molecule has 0 amide bonds. The Hall–Kier alpha value is -2.09. The first-order valence-electron chi connectivity index (χ1n) is 5.70. The molecule has 8 heteroatoms. The molecule has 0 aliphatic heterocycles. The van der Waals surface area contributed by atoms with Crippen LogP contribution in [0.15, 0.2) is 17.5 Å². The van der Waals surface area contributed by atoms with Crippen LogP contribution < -0.4 is 5.32 Å². The Morgan fingerprint density at radius 2 is 2.15 bits per heavy atom. The second kappa shape index (κ2) is 5.49. The molecule has 5 nitrogen and oxygen atoms in total. The normalized spacial score (nSPS) is 12.2. The topological polar surface area (TPSA) is 68.1 Å². The van der Waals surface area contributed by atoms with Gasteiger partial charge in [-0.05, 0) is 13.8 Å². The molecule has 2 rings (SSSR count). The van der Waals surface area contributed by atoms with Gasteiger partial charge in [0.25, 0.3) is 5.69 Å². The molecule has 1 aromatic heterocycles. The average Bonchev–Trinajstić information content (AvgIpc) is 2.78. The molecule has 1 N–H and O–H groups in total. The minimum atomic E-state index is -1.00. The Morgan fingerprint density at radius 3 is 2.70 bits per heavy atom. The summed E-state index contributed by atoms with van der Waals surface area (Å²) in [6.07, 6.45) is 0. The second-order valence-corrected chi connectivity index (χ2v) is 5.26. The fourth-order valence-corrected chi connectivity index (χ4v) is 2.42. The zero-order valence-electron chi connectivity index (χ0n) is 10.7. The maximum Gasteiger partial charge on any atom is 0.298 e. The molecular weight excluding hydrogens is 288 g/mol. The summed E-state index contributed by atoms with van der Waals surface area (Å²) in [5.41, 5.74) is -0.332. The van der Waals surface area contributed by atoms with Crippen LogP contribution in [0.2, 0.25) is 0 Å². The molecule has 0 spiro atoms. The summed E-state index contributed by atoms with van der Waals surface area (Å²) >= 11 is 1.42. The van der Waals surface area contributed by atoms with Gasteiger partial charge in [-0.2, -0.15) is 0 Å². The van der Waals surface area contributed by atoms with E-state index in [1.54, 1.807) is 12.3 Å². The van der Waals surface area contributed by atoms with E-state index in [1.807, 2.05) is 6.92 Å². The molecule has 0 aliphatic carbocycles. The van der Waals surface area contributed by atoms with E-state index in [2.05, 4.69) is 10.3 Å². The zero-order valence-corrected chi connectivity index (χ0v) is 11.5. The minimum Gasteiger partial charge on any atom is -0.369 e. The number of hydrogen-bond acceptors (Lipinski definition) is 5. The van der Waals surface area contributed by atoms with E-state index < -0.39 is 28.3 Å². The highest BCUT2D eigenvalue weighted by atomic mass is 32.1. The second-order valence-electron chi connectivity index (χ2n) is 4.20.